The van der Waals surface area contributed by atoms with E-state index in [1.54, 1.807) is 12.1 Å². The first-order chi connectivity index (χ1) is 10.3. The summed E-state index contributed by atoms with van der Waals surface area (Å²) < 4.78 is 24.8. The van der Waals surface area contributed by atoms with Gasteiger partial charge >= 0.3 is 0 Å². The lowest BCUT2D eigenvalue weighted by Crippen LogP contribution is -2.43. The molecule has 0 amide bonds. The van der Waals surface area contributed by atoms with Crippen molar-refractivity contribution >= 4 is 8.32 Å². The molecule has 0 aliphatic carbocycles. The number of aliphatic hydroxyl groups is 1. The summed E-state index contributed by atoms with van der Waals surface area (Å²) in [5.41, 5.74) is 0.280. The van der Waals surface area contributed by atoms with Gasteiger partial charge < -0.3 is 14.3 Å². The quantitative estimate of drug-likeness (QED) is 0.744. The number of hydrogen-bond donors (Lipinski definition) is 1. The molecule has 0 radical (unpaired) electrons. The van der Waals surface area contributed by atoms with Crippen LogP contribution < -0.4 is 0 Å². The number of aliphatic hydroxyl groups excluding tert-OH is 1. The van der Waals surface area contributed by atoms with Gasteiger partial charge in [0, 0.05) is 0 Å². The van der Waals surface area contributed by atoms with Crippen LogP contribution in [-0.2, 0) is 14.8 Å². The molecule has 0 unspecified atom stereocenters. The highest BCUT2D eigenvalue weighted by molar-refractivity contribution is 6.74. The predicted molar refractivity (Wildman–Crippen MR) is 94.5 cm³/mol. The fourth-order valence-corrected chi connectivity index (χ4v) is 2.85. The molecule has 0 heterocycles. The first-order valence-electron chi connectivity index (χ1n) is 8.07. The summed E-state index contributed by atoms with van der Waals surface area (Å²) >= 11 is 0. The second-order valence-corrected chi connectivity index (χ2v) is 12.9. The first kappa shape index (κ1) is 20.3. The highest BCUT2D eigenvalue weighted by Crippen LogP contribution is 2.36. The largest absolute Gasteiger partial charge is 0.414 e. The molecular formula is C18H31FO3Si. The second-order valence-electron chi connectivity index (χ2n) is 8.05. The number of hydrogen-bond acceptors (Lipinski definition) is 3. The van der Waals surface area contributed by atoms with E-state index in [2.05, 4.69) is 33.9 Å². The topological polar surface area (TPSA) is 38.7 Å². The molecule has 0 fully saturated rings. The fourth-order valence-electron chi connectivity index (χ4n) is 1.81. The zero-order valence-corrected chi connectivity index (χ0v) is 16.4. The maximum atomic E-state index is 13.0. The highest BCUT2D eigenvalue weighted by atomic mass is 28.4. The first-order valence-corrected chi connectivity index (χ1v) is 11.0. The maximum Gasteiger partial charge on any atom is 0.192 e. The highest BCUT2D eigenvalue weighted by Gasteiger charge is 2.37. The van der Waals surface area contributed by atoms with Crippen LogP contribution in [0.4, 0.5) is 4.39 Å². The van der Waals surface area contributed by atoms with Crippen molar-refractivity contribution in [3.05, 3.63) is 35.6 Å². The third-order valence-electron chi connectivity index (χ3n) is 4.62. The molecule has 0 bridgehead atoms. The Balaban J connectivity index is 2.52. The van der Waals surface area contributed by atoms with Crippen LogP contribution in [0, 0.1) is 5.82 Å². The standard InChI is InChI=1S/C18H31FO3Si/c1-17(2,3)23(6,7)22-13-16(20)12-21-18(4,5)14-8-10-15(19)11-9-14/h8-11,16,20H,12-13H2,1-7H3/t16-/m1/s1. The Morgan fingerprint density at radius 2 is 1.57 bits per heavy atom. The average molecular weight is 343 g/mol. The second kappa shape index (κ2) is 7.43. The van der Waals surface area contributed by atoms with Crippen LogP contribution in [0.5, 0.6) is 0 Å². The Kier molecular flexibility index (Phi) is 6.55. The van der Waals surface area contributed by atoms with Crippen LogP contribution >= 0.6 is 0 Å². The molecule has 1 aromatic rings. The predicted octanol–water partition coefficient (Wildman–Crippen LogP) is 4.46. The van der Waals surface area contributed by atoms with E-state index in [-0.39, 0.29) is 24.1 Å². The van der Waals surface area contributed by atoms with Crippen molar-refractivity contribution in [1.29, 1.82) is 0 Å². The molecular weight excluding hydrogens is 311 g/mol. The molecule has 0 saturated heterocycles. The normalized spacial score (nSPS) is 14.8. The Morgan fingerprint density at radius 3 is 2.04 bits per heavy atom. The van der Waals surface area contributed by atoms with E-state index in [9.17, 15) is 9.50 Å². The zero-order valence-electron chi connectivity index (χ0n) is 15.4. The van der Waals surface area contributed by atoms with Gasteiger partial charge in [-0.2, -0.15) is 0 Å². The molecule has 0 spiro atoms. The lowest BCUT2D eigenvalue weighted by molar-refractivity contribution is -0.0728. The van der Waals surface area contributed by atoms with Gasteiger partial charge in [-0.05, 0) is 49.7 Å². The third kappa shape index (κ3) is 5.99. The minimum atomic E-state index is -1.87. The lowest BCUT2D eigenvalue weighted by atomic mass is 9.98. The van der Waals surface area contributed by atoms with E-state index in [0.717, 1.165) is 5.56 Å². The average Bonchev–Trinajstić information content (AvgIpc) is 2.42. The van der Waals surface area contributed by atoms with Gasteiger partial charge in [0.1, 0.15) is 5.82 Å². The Morgan fingerprint density at radius 1 is 1.04 bits per heavy atom. The summed E-state index contributed by atoms with van der Waals surface area (Å²) in [5.74, 6) is -0.271. The van der Waals surface area contributed by atoms with Gasteiger partial charge in [-0.25, -0.2) is 4.39 Å². The fraction of sp³-hybridized carbons (Fsp3) is 0.667. The summed E-state index contributed by atoms with van der Waals surface area (Å²) in [6, 6.07) is 6.23. The van der Waals surface area contributed by atoms with E-state index in [4.69, 9.17) is 9.16 Å². The van der Waals surface area contributed by atoms with Crippen LogP contribution in [0.1, 0.15) is 40.2 Å². The van der Waals surface area contributed by atoms with Crippen LogP contribution in [-0.4, -0.2) is 32.7 Å². The Hall–Kier alpha value is -0.753. The molecule has 0 aromatic heterocycles. The molecule has 132 valence electrons. The van der Waals surface area contributed by atoms with Crippen molar-refractivity contribution in [2.45, 2.75) is 64.5 Å². The summed E-state index contributed by atoms with van der Waals surface area (Å²) in [7, 11) is -1.87. The van der Waals surface area contributed by atoms with Crippen LogP contribution in [0.15, 0.2) is 24.3 Å². The van der Waals surface area contributed by atoms with Gasteiger partial charge in [-0.1, -0.05) is 32.9 Å². The zero-order chi connectivity index (χ0) is 17.9. The van der Waals surface area contributed by atoms with Gasteiger partial charge in [0.15, 0.2) is 8.32 Å². The molecule has 5 heteroatoms. The minimum absolute atomic E-state index is 0.112. The lowest BCUT2D eigenvalue weighted by Gasteiger charge is -2.37. The number of halogens is 1. The SMILES string of the molecule is CC(C)(OC[C@@H](O)CO[Si](C)(C)C(C)(C)C)c1ccc(F)cc1. The van der Waals surface area contributed by atoms with Crippen molar-refractivity contribution in [2.75, 3.05) is 13.2 Å². The van der Waals surface area contributed by atoms with E-state index < -0.39 is 20.0 Å². The summed E-state index contributed by atoms with van der Waals surface area (Å²) in [4.78, 5) is 0. The van der Waals surface area contributed by atoms with E-state index in [1.165, 1.54) is 12.1 Å². The van der Waals surface area contributed by atoms with Crippen molar-refractivity contribution in [1.82, 2.24) is 0 Å². The molecule has 0 aliphatic heterocycles. The summed E-state index contributed by atoms with van der Waals surface area (Å²) in [6.45, 7) is 15.1. The molecule has 1 aromatic carbocycles. The van der Waals surface area contributed by atoms with Crippen molar-refractivity contribution < 1.29 is 18.7 Å². The number of ether oxygens (including phenoxy) is 1. The van der Waals surface area contributed by atoms with Crippen LogP contribution in [0.3, 0.4) is 0 Å². The van der Waals surface area contributed by atoms with Gasteiger partial charge in [0.25, 0.3) is 0 Å². The van der Waals surface area contributed by atoms with Gasteiger partial charge in [-0.3, -0.25) is 0 Å². The van der Waals surface area contributed by atoms with E-state index in [0.29, 0.717) is 0 Å². The van der Waals surface area contributed by atoms with E-state index in [1.807, 2.05) is 13.8 Å². The van der Waals surface area contributed by atoms with Crippen LogP contribution in [0.2, 0.25) is 18.1 Å². The van der Waals surface area contributed by atoms with Gasteiger partial charge in [-0.15, -0.1) is 0 Å². The monoisotopic (exact) mass is 342 g/mol. The van der Waals surface area contributed by atoms with Crippen molar-refractivity contribution in [3.8, 4) is 0 Å². The minimum Gasteiger partial charge on any atom is -0.414 e. The molecule has 3 nitrogen and oxygen atoms in total. The van der Waals surface area contributed by atoms with Gasteiger partial charge in [0.2, 0.25) is 0 Å². The van der Waals surface area contributed by atoms with Crippen molar-refractivity contribution in [2.24, 2.45) is 0 Å². The number of rotatable bonds is 7. The third-order valence-corrected chi connectivity index (χ3v) is 9.12. The summed E-state index contributed by atoms with van der Waals surface area (Å²) in [6.07, 6.45) is -0.677. The molecule has 0 saturated carbocycles. The van der Waals surface area contributed by atoms with Crippen molar-refractivity contribution in [3.63, 3.8) is 0 Å². The molecule has 1 N–H and O–H groups in total. The smallest absolute Gasteiger partial charge is 0.192 e. The summed E-state index contributed by atoms with van der Waals surface area (Å²) in [5, 5.41) is 10.3. The van der Waals surface area contributed by atoms with E-state index >= 15 is 0 Å². The number of benzene rings is 1. The molecule has 23 heavy (non-hydrogen) atoms. The Bertz CT molecular complexity index is 492. The molecule has 0 aliphatic rings. The van der Waals surface area contributed by atoms with Crippen LogP contribution in [0.25, 0.3) is 0 Å². The Labute approximate surface area is 141 Å². The van der Waals surface area contributed by atoms with Gasteiger partial charge in [0.05, 0.1) is 24.9 Å². The molecule has 1 atom stereocenters. The maximum absolute atomic E-state index is 13.0. The molecule has 1 rings (SSSR count).